The van der Waals surface area contributed by atoms with Crippen molar-refractivity contribution in [1.82, 2.24) is 10.6 Å². The van der Waals surface area contributed by atoms with Crippen molar-refractivity contribution in [3.63, 3.8) is 0 Å². The van der Waals surface area contributed by atoms with Crippen LogP contribution in [0.2, 0.25) is 0 Å². The number of ether oxygens (including phenoxy) is 1. The number of amides is 4. The standard InChI is InChI=1S/C60H90F6N4O4/c1-5-6-7-8-9-10-11-12-13-14-15-16-17-18-19-20-21-24-39-74-53(71)37-26-42(2)48-35-36-49-54-50(41-52(58(48,49)4)70-56(73)68-47-33-29-44(30-34-47)60(64,65)66)57(3)38-23-22-25-45(57)40-51(54)69-55(72)67-46-31-27-43(28-32-46)59(61,62)63/h27-34,42,45,48-52,54H,5-26,35-41H2,1-4H3,(H2,67,69,72)(H2,68,70,73)/t42-,45+,48-,49+,50+,51-,52+,54+,57+,58-/m1/s1. The molecule has 4 saturated carbocycles. The van der Waals surface area contributed by atoms with E-state index in [-0.39, 0.29) is 70.9 Å². The second-order valence-electron chi connectivity index (χ2n) is 23.5. The molecule has 4 N–H and O–H groups in total. The third kappa shape index (κ3) is 16.3. The first kappa shape index (κ1) is 59.3. The molecule has 2 aromatic rings. The Labute approximate surface area is 439 Å². The number of hydrogen-bond acceptors (Lipinski definition) is 4. The second kappa shape index (κ2) is 27.9. The van der Waals surface area contributed by atoms with Crippen LogP contribution in [0.3, 0.4) is 0 Å². The maximum atomic E-state index is 14.0. The lowest BCUT2D eigenvalue weighted by atomic mass is 9.42. The van der Waals surface area contributed by atoms with Gasteiger partial charge in [-0.1, -0.05) is 150 Å². The minimum atomic E-state index is -4.51. The van der Waals surface area contributed by atoms with Crippen LogP contribution in [0.1, 0.15) is 219 Å². The van der Waals surface area contributed by atoms with Gasteiger partial charge >= 0.3 is 30.4 Å². The average Bonchev–Trinajstić information content (AvgIpc) is 3.72. The van der Waals surface area contributed by atoms with Crippen molar-refractivity contribution >= 4 is 29.4 Å². The van der Waals surface area contributed by atoms with Gasteiger partial charge in [0, 0.05) is 29.9 Å². The van der Waals surface area contributed by atoms with E-state index in [1.54, 1.807) is 0 Å². The Hall–Kier alpha value is -3.97. The van der Waals surface area contributed by atoms with Gasteiger partial charge in [-0.15, -0.1) is 0 Å². The monoisotopic (exact) mass is 1040 g/mol. The fourth-order valence-electron chi connectivity index (χ4n) is 14.6. The van der Waals surface area contributed by atoms with E-state index in [1.165, 1.54) is 121 Å². The van der Waals surface area contributed by atoms with Gasteiger partial charge in [-0.25, -0.2) is 9.59 Å². The molecule has 74 heavy (non-hydrogen) atoms. The summed E-state index contributed by atoms with van der Waals surface area (Å²) in [6, 6.07) is 7.30. The number of carbonyl (C=O) groups excluding carboxylic acids is 3. The molecular formula is C60H90F6N4O4. The van der Waals surface area contributed by atoms with Gasteiger partial charge in [-0.05, 0) is 146 Å². The van der Waals surface area contributed by atoms with Gasteiger partial charge in [0.1, 0.15) is 0 Å². The van der Waals surface area contributed by atoms with Crippen LogP contribution in [0.15, 0.2) is 48.5 Å². The molecule has 0 unspecified atom stereocenters. The van der Waals surface area contributed by atoms with Gasteiger partial charge in [0.15, 0.2) is 0 Å². The molecule has 0 aromatic heterocycles. The van der Waals surface area contributed by atoms with Gasteiger partial charge in [0.25, 0.3) is 0 Å². The highest BCUT2D eigenvalue weighted by Gasteiger charge is 2.66. The van der Waals surface area contributed by atoms with E-state index in [0.29, 0.717) is 25.4 Å². The molecule has 14 heteroatoms. The summed E-state index contributed by atoms with van der Waals surface area (Å²) >= 11 is 0. The third-order valence-corrected chi connectivity index (χ3v) is 18.7. The summed E-state index contributed by atoms with van der Waals surface area (Å²) in [6.45, 7) is 9.48. The largest absolute Gasteiger partial charge is 0.466 e. The van der Waals surface area contributed by atoms with Gasteiger partial charge < -0.3 is 26.0 Å². The number of fused-ring (bicyclic) bond motifs is 5. The van der Waals surface area contributed by atoms with Crippen LogP contribution in [0.5, 0.6) is 0 Å². The Bertz CT molecular complexity index is 2030. The number of benzene rings is 2. The summed E-state index contributed by atoms with van der Waals surface area (Å²) in [5, 5.41) is 12.3. The van der Waals surface area contributed by atoms with Crippen LogP contribution < -0.4 is 21.3 Å². The number of carbonyl (C=O) groups is 3. The number of alkyl halides is 6. The first-order valence-electron chi connectivity index (χ1n) is 29.0. The Balaban J connectivity index is 1.04. The van der Waals surface area contributed by atoms with E-state index < -0.39 is 41.0 Å². The van der Waals surface area contributed by atoms with Crippen LogP contribution in [-0.4, -0.2) is 36.7 Å². The highest BCUT2D eigenvalue weighted by molar-refractivity contribution is 5.90. The number of rotatable bonds is 27. The highest BCUT2D eigenvalue weighted by Crippen LogP contribution is 2.68. The zero-order valence-corrected chi connectivity index (χ0v) is 45.1. The van der Waals surface area contributed by atoms with Gasteiger partial charge in [0.2, 0.25) is 0 Å². The number of halogens is 6. The molecule has 10 atom stereocenters. The van der Waals surface area contributed by atoms with Crippen molar-refractivity contribution in [1.29, 1.82) is 0 Å². The molecule has 6 rings (SSSR count). The smallest absolute Gasteiger partial charge is 0.416 e. The molecule has 4 aliphatic carbocycles. The van der Waals surface area contributed by atoms with Gasteiger partial charge in [-0.2, -0.15) is 26.3 Å². The van der Waals surface area contributed by atoms with E-state index in [9.17, 15) is 40.7 Å². The number of nitrogens with one attached hydrogen (secondary N) is 4. The predicted molar refractivity (Wildman–Crippen MR) is 284 cm³/mol. The molecule has 0 bridgehead atoms. The first-order valence-corrected chi connectivity index (χ1v) is 29.0. The quantitative estimate of drug-likeness (QED) is 0.0406. The summed E-state index contributed by atoms with van der Waals surface area (Å²) in [4.78, 5) is 41.1. The molecule has 0 saturated heterocycles. The van der Waals surface area contributed by atoms with Gasteiger partial charge in [-0.3, -0.25) is 4.79 Å². The van der Waals surface area contributed by atoms with E-state index >= 15 is 0 Å². The first-order chi connectivity index (χ1) is 35.3. The van der Waals surface area contributed by atoms with E-state index in [4.69, 9.17) is 4.74 Å². The average molecular weight is 1050 g/mol. The van der Waals surface area contributed by atoms with Crippen molar-refractivity contribution in [2.45, 2.75) is 232 Å². The Kier molecular flexibility index (Phi) is 22.3. The number of anilines is 2. The van der Waals surface area contributed by atoms with Crippen molar-refractivity contribution in [3.8, 4) is 0 Å². The lowest BCUT2D eigenvalue weighted by molar-refractivity contribution is -0.145. The number of esters is 1. The van der Waals surface area contributed by atoms with Crippen LogP contribution in [0.25, 0.3) is 0 Å². The zero-order valence-electron chi connectivity index (χ0n) is 45.1. The van der Waals surface area contributed by atoms with Gasteiger partial charge in [0.05, 0.1) is 17.7 Å². The lowest BCUT2D eigenvalue weighted by Crippen LogP contribution is -2.67. The summed E-state index contributed by atoms with van der Waals surface area (Å²) in [7, 11) is 0. The van der Waals surface area contributed by atoms with Crippen molar-refractivity contribution in [3.05, 3.63) is 59.7 Å². The molecular weight excluding hydrogens is 955 g/mol. The molecule has 0 spiro atoms. The van der Waals surface area contributed by atoms with Crippen LogP contribution in [0, 0.1) is 46.3 Å². The predicted octanol–water partition coefficient (Wildman–Crippen LogP) is 17.7. The maximum Gasteiger partial charge on any atom is 0.416 e. The summed E-state index contributed by atoms with van der Waals surface area (Å²) < 4.78 is 86.0. The minimum absolute atomic E-state index is 0.0327. The fraction of sp³-hybridized carbons (Fsp3) is 0.750. The normalized spacial score (nSPS) is 27.0. The summed E-state index contributed by atoms with van der Waals surface area (Å²) in [5.41, 5.74) is -1.67. The fourth-order valence-corrected chi connectivity index (χ4v) is 14.6. The molecule has 4 amide bonds. The number of hydrogen-bond donors (Lipinski definition) is 4. The molecule has 4 aliphatic rings. The molecule has 2 aromatic carbocycles. The van der Waals surface area contributed by atoms with E-state index in [1.807, 2.05) is 0 Å². The van der Waals surface area contributed by atoms with Crippen molar-refractivity contribution in [2.75, 3.05) is 17.2 Å². The maximum absolute atomic E-state index is 14.0. The number of urea groups is 2. The SMILES string of the molecule is CCCCCCCCCCCCCCCCCCCCOC(=O)CC[C@@H](C)[C@H]1CC[C@H]2[C@@H]3[C@H](NC(=O)Nc4ccc(C(F)(F)F)cc4)C[C@@H]4CCCC[C@]4(C)[C@H]3C[C@H](NC(=O)Nc3ccc(C(F)(F)F)cc3)[C@]12C. The minimum Gasteiger partial charge on any atom is -0.466 e. The zero-order chi connectivity index (χ0) is 53.4. The van der Waals surface area contributed by atoms with Crippen LogP contribution in [0.4, 0.5) is 47.3 Å². The third-order valence-electron chi connectivity index (χ3n) is 18.7. The highest BCUT2D eigenvalue weighted by atomic mass is 19.4. The Morgan fingerprint density at radius 2 is 1.11 bits per heavy atom. The molecule has 416 valence electrons. The molecule has 8 nitrogen and oxygen atoms in total. The van der Waals surface area contributed by atoms with Crippen LogP contribution >= 0.6 is 0 Å². The topological polar surface area (TPSA) is 109 Å². The van der Waals surface area contributed by atoms with Crippen LogP contribution in [-0.2, 0) is 21.9 Å². The second-order valence-corrected chi connectivity index (χ2v) is 23.5. The number of unbranched alkanes of at least 4 members (excludes halogenated alkanes) is 17. The Morgan fingerprint density at radius 3 is 1.61 bits per heavy atom. The summed E-state index contributed by atoms with van der Waals surface area (Å²) in [5.74, 6) is 0.461. The van der Waals surface area contributed by atoms with Crippen molar-refractivity contribution < 1.29 is 45.5 Å². The Morgan fingerprint density at radius 1 is 0.622 bits per heavy atom. The molecule has 0 heterocycles. The lowest BCUT2D eigenvalue weighted by Gasteiger charge is -2.65. The molecule has 0 aliphatic heterocycles. The van der Waals surface area contributed by atoms with E-state index in [2.05, 4.69) is 49.0 Å². The summed E-state index contributed by atoms with van der Waals surface area (Å²) in [6.07, 6.45) is 22.4. The van der Waals surface area contributed by atoms with Crippen molar-refractivity contribution in [2.24, 2.45) is 46.3 Å². The molecule has 0 radical (unpaired) electrons. The molecule has 4 fully saturated rings. The van der Waals surface area contributed by atoms with E-state index in [0.717, 1.165) is 88.5 Å².